The SMILES string of the molecule is O=C(COC(=O)CCSc1ccccc1Cl)Nc1ccc(Cl)cc1F. The average molecular weight is 402 g/mol. The van der Waals surface area contributed by atoms with Gasteiger partial charge in [-0.1, -0.05) is 35.3 Å². The standard InChI is InChI=1S/C17H14Cl2FNO3S/c18-11-5-6-14(13(20)9-11)21-16(22)10-24-17(23)7-8-25-15-4-2-1-3-12(15)19/h1-6,9H,7-8,10H2,(H,21,22). The minimum absolute atomic E-state index is 0.0280. The zero-order valence-corrected chi connectivity index (χ0v) is 15.3. The van der Waals surface area contributed by atoms with E-state index in [1.807, 2.05) is 18.2 Å². The van der Waals surface area contributed by atoms with E-state index in [-0.39, 0.29) is 17.1 Å². The monoisotopic (exact) mass is 401 g/mol. The first-order valence-electron chi connectivity index (χ1n) is 7.23. The summed E-state index contributed by atoms with van der Waals surface area (Å²) in [5, 5.41) is 3.15. The van der Waals surface area contributed by atoms with Crippen LogP contribution in [0, 0.1) is 5.82 Å². The van der Waals surface area contributed by atoms with Crippen molar-refractivity contribution in [1.82, 2.24) is 0 Å². The van der Waals surface area contributed by atoms with E-state index in [0.717, 1.165) is 11.0 Å². The predicted molar refractivity (Wildman–Crippen MR) is 97.8 cm³/mol. The third-order valence-corrected chi connectivity index (χ3v) is 4.72. The number of ether oxygens (including phenoxy) is 1. The summed E-state index contributed by atoms with van der Waals surface area (Å²) >= 11 is 13.1. The Bertz CT molecular complexity index is 773. The van der Waals surface area contributed by atoms with Crippen molar-refractivity contribution in [3.63, 3.8) is 0 Å². The highest BCUT2D eigenvalue weighted by Gasteiger charge is 2.11. The van der Waals surface area contributed by atoms with Gasteiger partial charge in [-0.2, -0.15) is 0 Å². The Morgan fingerprint density at radius 2 is 1.92 bits per heavy atom. The first kappa shape index (κ1) is 19.6. The van der Waals surface area contributed by atoms with Crippen molar-refractivity contribution >= 4 is 52.5 Å². The van der Waals surface area contributed by atoms with Gasteiger partial charge in [-0.15, -0.1) is 11.8 Å². The molecule has 0 aliphatic carbocycles. The molecule has 132 valence electrons. The second kappa shape index (κ2) is 9.65. The molecule has 2 aromatic carbocycles. The lowest BCUT2D eigenvalue weighted by atomic mass is 10.3. The van der Waals surface area contributed by atoms with Crippen LogP contribution >= 0.6 is 35.0 Å². The summed E-state index contributed by atoms with van der Waals surface area (Å²) in [4.78, 5) is 24.2. The van der Waals surface area contributed by atoms with Crippen LogP contribution in [0.5, 0.6) is 0 Å². The lowest BCUT2D eigenvalue weighted by molar-refractivity contribution is -0.146. The van der Waals surface area contributed by atoms with E-state index >= 15 is 0 Å². The Hall–Kier alpha value is -1.76. The number of halogens is 3. The molecule has 0 saturated heterocycles. The molecule has 0 saturated carbocycles. The van der Waals surface area contributed by atoms with Gasteiger partial charge in [-0.25, -0.2) is 4.39 Å². The minimum Gasteiger partial charge on any atom is -0.456 e. The maximum Gasteiger partial charge on any atom is 0.307 e. The summed E-state index contributed by atoms with van der Waals surface area (Å²) in [5.41, 5.74) is -0.0280. The van der Waals surface area contributed by atoms with Gasteiger partial charge in [0, 0.05) is 15.7 Å². The maximum atomic E-state index is 13.5. The molecule has 0 spiro atoms. The van der Waals surface area contributed by atoms with Gasteiger partial charge in [0.05, 0.1) is 17.1 Å². The summed E-state index contributed by atoms with van der Waals surface area (Å²) in [6.45, 7) is -0.488. The van der Waals surface area contributed by atoms with Crippen molar-refractivity contribution in [1.29, 1.82) is 0 Å². The normalized spacial score (nSPS) is 10.4. The summed E-state index contributed by atoms with van der Waals surface area (Å²) in [6.07, 6.45) is 0.123. The molecule has 25 heavy (non-hydrogen) atoms. The molecule has 0 bridgehead atoms. The van der Waals surface area contributed by atoms with E-state index in [2.05, 4.69) is 5.32 Å². The molecule has 0 aliphatic rings. The fourth-order valence-electron chi connectivity index (χ4n) is 1.80. The lowest BCUT2D eigenvalue weighted by Gasteiger charge is -2.08. The molecule has 0 aromatic heterocycles. The zero-order chi connectivity index (χ0) is 18.2. The fourth-order valence-corrected chi connectivity index (χ4v) is 3.13. The van der Waals surface area contributed by atoms with E-state index in [1.165, 1.54) is 23.9 Å². The van der Waals surface area contributed by atoms with Crippen molar-refractivity contribution in [3.8, 4) is 0 Å². The molecule has 1 amide bonds. The molecule has 0 fully saturated rings. The van der Waals surface area contributed by atoms with E-state index < -0.39 is 24.3 Å². The third kappa shape index (κ3) is 6.57. The molecular formula is C17H14Cl2FNO3S. The van der Waals surface area contributed by atoms with Gasteiger partial charge in [0.1, 0.15) is 5.82 Å². The highest BCUT2D eigenvalue weighted by molar-refractivity contribution is 7.99. The van der Waals surface area contributed by atoms with Crippen molar-refractivity contribution in [2.75, 3.05) is 17.7 Å². The summed E-state index contributed by atoms with van der Waals surface area (Å²) in [6, 6.07) is 11.1. The summed E-state index contributed by atoms with van der Waals surface area (Å²) in [5.74, 6) is -1.35. The second-order valence-corrected chi connectivity index (χ2v) is 6.84. The Morgan fingerprint density at radius 1 is 1.16 bits per heavy atom. The predicted octanol–water partition coefficient (Wildman–Crippen LogP) is 4.80. The van der Waals surface area contributed by atoms with Crippen molar-refractivity contribution in [3.05, 3.63) is 58.3 Å². The van der Waals surface area contributed by atoms with Crippen LogP contribution in [0.2, 0.25) is 10.0 Å². The van der Waals surface area contributed by atoms with Gasteiger partial charge in [0.2, 0.25) is 0 Å². The van der Waals surface area contributed by atoms with Gasteiger partial charge in [-0.05, 0) is 30.3 Å². The van der Waals surface area contributed by atoms with Crippen molar-refractivity contribution in [2.24, 2.45) is 0 Å². The Morgan fingerprint density at radius 3 is 2.64 bits per heavy atom. The molecule has 2 rings (SSSR count). The van der Waals surface area contributed by atoms with Crippen LogP contribution in [-0.2, 0) is 14.3 Å². The molecule has 1 N–H and O–H groups in total. The van der Waals surface area contributed by atoms with Crippen LogP contribution in [0.1, 0.15) is 6.42 Å². The molecule has 0 aliphatic heterocycles. The minimum atomic E-state index is -0.664. The number of anilines is 1. The fraction of sp³-hybridized carbons (Fsp3) is 0.176. The molecule has 0 unspecified atom stereocenters. The van der Waals surface area contributed by atoms with E-state index in [0.29, 0.717) is 10.8 Å². The van der Waals surface area contributed by atoms with Crippen LogP contribution in [0.4, 0.5) is 10.1 Å². The summed E-state index contributed by atoms with van der Waals surface area (Å²) < 4.78 is 18.4. The van der Waals surface area contributed by atoms with Gasteiger partial charge < -0.3 is 10.1 Å². The van der Waals surface area contributed by atoms with Crippen LogP contribution in [0.25, 0.3) is 0 Å². The van der Waals surface area contributed by atoms with Gasteiger partial charge >= 0.3 is 5.97 Å². The number of thioether (sulfide) groups is 1. The third-order valence-electron chi connectivity index (χ3n) is 2.97. The first-order chi connectivity index (χ1) is 12.0. The van der Waals surface area contributed by atoms with Crippen molar-refractivity contribution in [2.45, 2.75) is 11.3 Å². The number of amides is 1. The molecule has 2 aromatic rings. The van der Waals surface area contributed by atoms with Crippen LogP contribution in [-0.4, -0.2) is 24.2 Å². The number of carbonyl (C=O) groups excluding carboxylic acids is 2. The molecule has 4 nitrogen and oxygen atoms in total. The Balaban J connectivity index is 1.70. The van der Waals surface area contributed by atoms with Gasteiger partial charge in [0.25, 0.3) is 5.91 Å². The highest BCUT2D eigenvalue weighted by Crippen LogP contribution is 2.27. The number of esters is 1. The molecular weight excluding hydrogens is 388 g/mol. The smallest absolute Gasteiger partial charge is 0.307 e. The molecule has 0 heterocycles. The van der Waals surface area contributed by atoms with Crippen LogP contribution in [0.3, 0.4) is 0 Å². The number of carbonyl (C=O) groups is 2. The largest absolute Gasteiger partial charge is 0.456 e. The number of nitrogens with one attached hydrogen (secondary N) is 1. The van der Waals surface area contributed by atoms with Gasteiger partial charge in [0.15, 0.2) is 6.61 Å². The number of hydrogen-bond donors (Lipinski definition) is 1. The van der Waals surface area contributed by atoms with E-state index in [4.69, 9.17) is 27.9 Å². The zero-order valence-electron chi connectivity index (χ0n) is 12.9. The number of benzene rings is 2. The van der Waals surface area contributed by atoms with Gasteiger partial charge in [-0.3, -0.25) is 9.59 Å². The van der Waals surface area contributed by atoms with E-state index in [1.54, 1.807) is 6.07 Å². The first-order valence-corrected chi connectivity index (χ1v) is 8.97. The quantitative estimate of drug-likeness (QED) is 0.534. The van der Waals surface area contributed by atoms with Crippen LogP contribution in [0.15, 0.2) is 47.4 Å². The average Bonchev–Trinajstić information content (AvgIpc) is 2.57. The van der Waals surface area contributed by atoms with Crippen LogP contribution < -0.4 is 5.32 Å². The Kier molecular flexibility index (Phi) is 7.55. The lowest BCUT2D eigenvalue weighted by Crippen LogP contribution is -2.21. The van der Waals surface area contributed by atoms with Crippen molar-refractivity contribution < 1.29 is 18.7 Å². The highest BCUT2D eigenvalue weighted by atomic mass is 35.5. The molecule has 0 atom stereocenters. The molecule has 8 heteroatoms. The topological polar surface area (TPSA) is 55.4 Å². The Labute approximate surface area is 158 Å². The number of hydrogen-bond acceptors (Lipinski definition) is 4. The summed E-state index contributed by atoms with van der Waals surface area (Å²) in [7, 11) is 0. The number of rotatable bonds is 7. The second-order valence-electron chi connectivity index (χ2n) is 4.86. The van der Waals surface area contributed by atoms with E-state index in [9.17, 15) is 14.0 Å². The maximum absolute atomic E-state index is 13.5. The molecule has 0 radical (unpaired) electrons.